The van der Waals surface area contributed by atoms with Crippen molar-refractivity contribution < 1.29 is 0 Å². The molecule has 0 fully saturated rings. The van der Waals surface area contributed by atoms with Gasteiger partial charge < -0.3 is 0 Å². The summed E-state index contributed by atoms with van der Waals surface area (Å²) in [5.41, 5.74) is 0.163. The summed E-state index contributed by atoms with van der Waals surface area (Å²) in [5.74, 6) is 0. The maximum absolute atomic E-state index is 2.34. The van der Waals surface area contributed by atoms with Gasteiger partial charge in [-0.3, -0.25) is 0 Å². The SMILES string of the molecule is CCc1ccc(C(C)(C)c2ccc(CC)s2)s1. The van der Waals surface area contributed by atoms with E-state index in [2.05, 4.69) is 52.0 Å². The van der Waals surface area contributed by atoms with Crippen LogP contribution in [-0.2, 0) is 18.3 Å². The molecule has 0 aromatic carbocycles. The summed E-state index contributed by atoms with van der Waals surface area (Å²) in [4.78, 5) is 5.94. The molecule has 2 heterocycles. The van der Waals surface area contributed by atoms with Crippen molar-refractivity contribution in [3.63, 3.8) is 0 Å². The Bertz CT molecular complexity index is 444. The Morgan fingerprint density at radius 1 is 0.824 bits per heavy atom. The lowest BCUT2D eigenvalue weighted by molar-refractivity contribution is 0.671. The van der Waals surface area contributed by atoms with Crippen molar-refractivity contribution in [1.29, 1.82) is 0 Å². The van der Waals surface area contributed by atoms with E-state index >= 15 is 0 Å². The fourth-order valence-electron chi connectivity index (χ4n) is 1.93. The van der Waals surface area contributed by atoms with Gasteiger partial charge in [-0.1, -0.05) is 27.7 Å². The predicted molar refractivity (Wildman–Crippen MR) is 79.5 cm³/mol. The molecule has 92 valence electrons. The Morgan fingerprint density at radius 3 is 1.53 bits per heavy atom. The third kappa shape index (κ3) is 2.48. The molecule has 0 aliphatic carbocycles. The maximum Gasteiger partial charge on any atom is 0.0334 e. The summed E-state index contributed by atoms with van der Waals surface area (Å²) in [6.45, 7) is 9.12. The van der Waals surface area contributed by atoms with E-state index in [1.165, 1.54) is 19.5 Å². The Morgan fingerprint density at radius 2 is 1.24 bits per heavy atom. The molecule has 0 nitrogen and oxygen atoms in total. The minimum atomic E-state index is 0.163. The Balaban J connectivity index is 2.34. The topological polar surface area (TPSA) is 0 Å². The first-order valence-electron chi connectivity index (χ1n) is 6.26. The molecule has 0 aliphatic rings. The lowest BCUT2D eigenvalue weighted by Gasteiger charge is -2.21. The quantitative estimate of drug-likeness (QED) is 0.706. The molecule has 0 radical (unpaired) electrons. The summed E-state index contributed by atoms with van der Waals surface area (Å²) in [6.07, 6.45) is 2.29. The molecule has 0 bridgehead atoms. The first kappa shape index (κ1) is 12.8. The Kier molecular flexibility index (Phi) is 3.74. The molecule has 2 aromatic heterocycles. The fraction of sp³-hybridized carbons (Fsp3) is 0.467. The van der Waals surface area contributed by atoms with Crippen LogP contribution in [0.1, 0.15) is 47.2 Å². The highest BCUT2D eigenvalue weighted by Crippen LogP contribution is 2.39. The predicted octanol–water partition coefficient (Wildman–Crippen LogP) is 5.26. The van der Waals surface area contributed by atoms with Crippen LogP contribution in [0.15, 0.2) is 24.3 Å². The zero-order valence-electron chi connectivity index (χ0n) is 11.0. The first-order valence-corrected chi connectivity index (χ1v) is 7.89. The smallest absolute Gasteiger partial charge is 0.0334 e. The molecule has 0 amide bonds. The third-order valence-electron chi connectivity index (χ3n) is 3.25. The van der Waals surface area contributed by atoms with Crippen molar-refractivity contribution in [3.8, 4) is 0 Å². The third-order valence-corrected chi connectivity index (χ3v) is 6.36. The van der Waals surface area contributed by atoms with E-state index in [0.29, 0.717) is 0 Å². The number of hydrogen-bond donors (Lipinski definition) is 0. The van der Waals surface area contributed by atoms with Gasteiger partial charge in [-0.2, -0.15) is 0 Å². The summed E-state index contributed by atoms with van der Waals surface area (Å²) >= 11 is 3.92. The van der Waals surface area contributed by atoms with Crippen molar-refractivity contribution in [3.05, 3.63) is 43.8 Å². The van der Waals surface area contributed by atoms with Crippen LogP contribution < -0.4 is 0 Å². The molecule has 2 rings (SSSR count). The molecular formula is C15H20S2. The average Bonchev–Trinajstić information content (AvgIpc) is 2.98. The monoisotopic (exact) mass is 264 g/mol. The van der Waals surface area contributed by atoms with Crippen LogP contribution in [0, 0.1) is 0 Å². The van der Waals surface area contributed by atoms with Gasteiger partial charge in [0.2, 0.25) is 0 Å². The van der Waals surface area contributed by atoms with E-state index in [1.807, 2.05) is 22.7 Å². The van der Waals surface area contributed by atoms with Crippen molar-refractivity contribution >= 4 is 22.7 Å². The molecule has 0 saturated heterocycles. The van der Waals surface area contributed by atoms with E-state index in [4.69, 9.17) is 0 Å². The number of aryl methyl sites for hydroxylation is 2. The number of rotatable bonds is 4. The summed E-state index contributed by atoms with van der Waals surface area (Å²) in [6, 6.07) is 9.15. The van der Waals surface area contributed by atoms with Crippen molar-refractivity contribution in [2.75, 3.05) is 0 Å². The Labute approximate surface area is 112 Å². The molecule has 0 aliphatic heterocycles. The molecule has 0 saturated carbocycles. The van der Waals surface area contributed by atoms with E-state index in [0.717, 1.165) is 12.8 Å². The number of hydrogen-bond acceptors (Lipinski definition) is 2. The minimum Gasteiger partial charge on any atom is -0.144 e. The van der Waals surface area contributed by atoms with Crippen molar-refractivity contribution in [2.24, 2.45) is 0 Å². The van der Waals surface area contributed by atoms with Gasteiger partial charge in [-0.05, 0) is 37.1 Å². The van der Waals surface area contributed by atoms with Crippen LogP contribution in [0.4, 0.5) is 0 Å². The van der Waals surface area contributed by atoms with Gasteiger partial charge in [0.05, 0.1) is 0 Å². The molecule has 0 unspecified atom stereocenters. The summed E-state index contributed by atoms with van der Waals surface area (Å²) < 4.78 is 0. The van der Waals surface area contributed by atoms with E-state index in [1.54, 1.807) is 0 Å². The highest BCUT2D eigenvalue weighted by molar-refractivity contribution is 7.13. The van der Waals surface area contributed by atoms with Crippen LogP contribution in [0.5, 0.6) is 0 Å². The molecule has 0 atom stereocenters. The second-order valence-corrected chi connectivity index (χ2v) is 7.20. The lowest BCUT2D eigenvalue weighted by atomic mass is 9.90. The van der Waals surface area contributed by atoms with Crippen LogP contribution in [0.25, 0.3) is 0 Å². The van der Waals surface area contributed by atoms with Crippen molar-refractivity contribution in [1.82, 2.24) is 0 Å². The molecule has 17 heavy (non-hydrogen) atoms. The molecule has 0 N–H and O–H groups in total. The van der Waals surface area contributed by atoms with Crippen LogP contribution in [0.3, 0.4) is 0 Å². The molecule has 2 aromatic rings. The van der Waals surface area contributed by atoms with E-state index < -0.39 is 0 Å². The van der Waals surface area contributed by atoms with Crippen LogP contribution in [-0.4, -0.2) is 0 Å². The van der Waals surface area contributed by atoms with Gasteiger partial charge in [0, 0.05) is 24.9 Å². The van der Waals surface area contributed by atoms with Gasteiger partial charge >= 0.3 is 0 Å². The molecule has 2 heteroatoms. The van der Waals surface area contributed by atoms with Gasteiger partial charge in [-0.25, -0.2) is 0 Å². The van der Waals surface area contributed by atoms with Crippen molar-refractivity contribution in [2.45, 2.75) is 46.0 Å². The van der Waals surface area contributed by atoms with Gasteiger partial charge in [0.25, 0.3) is 0 Å². The highest BCUT2D eigenvalue weighted by atomic mass is 32.1. The molecular weight excluding hydrogens is 244 g/mol. The van der Waals surface area contributed by atoms with Gasteiger partial charge in [0.15, 0.2) is 0 Å². The number of thiophene rings is 2. The normalized spacial score (nSPS) is 12.0. The maximum atomic E-state index is 2.34. The zero-order valence-corrected chi connectivity index (χ0v) is 12.7. The van der Waals surface area contributed by atoms with Crippen LogP contribution >= 0.6 is 22.7 Å². The summed E-state index contributed by atoms with van der Waals surface area (Å²) in [7, 11) is 0. The highest BCUT2D eigenvalue weighted by Gasteiger charge is 2.26. The zero-order chi connectivity index (χ0) is 12.5. The lowest BCUT2D eigenvalue weighted by Crippen LogP contribution is -2.15. The van der Waals surface area contributed by atoms with E-state index in [-0.39, 0.29) is 5.41 Å². The van der Waals surface area contributed by atoms with Crippen LogP contribution in [0.2, 0.25) is 0 Å². The summed E-state index contributed by atoms with van der Waals surface area (Å²) in [5, 5.41) is 0. The fourth-order valence-corrected chi connectivity index (χ4v) is 4.12. The average molecular weight is 264 g/mol. The van der Waals surface area contributed by atoms with Gasteiger partial charge in [-0.15, -0.1) is 22.7 Å². The van der Waals surface area contributed by atoms with E-state index in [9.17, 15) is 0 Å². The standard InChI is InChI=1S/C15H20S2/c1-5-11-7-9-13(16-11)15(3,4)14-10-8-12(6-2)17-14/h7-10H,5-6H2,1-4H3. The second kappa shape index (κ2) is 4.95. The van der Waals surface area contributed by atoms with Gasteiger partial charge in [0.1, 0.15) is 0 Å². The Hall–Kier alpha value is -0.600. The second-order valence-electron chi connectivity index (χ2n) is 4.86. The minimum absolute atomic E-state index is 0.163. The molecule has 0 spiro atoms. The first-order chi connectivity index (χ1) is 8.07. The largest absolute Gasteiger partial charge is 0.144 e.